The van der Waals surface area contributed by atoms with E-state index < -0.39 is 0 Å². The Morgan fingerprint density at radius 2 is 1.85 bits per heavy atom. The first-order valence-electron chi connectivity index (χ1n) is 4.83. The summed E-state index contributed by atoms with van der Waals surface area (Å²) in [5, 5.41) is 6.25. The molecule has 0 saturated carbocycles. The molecule has 2 N–H and O–H groups in total. The molecule has 2 saturated heterocycles. The van der Waals surface area contributed by atoms with Crippen molar-refractivity contribution in [2.75, 3.05) is 19.6 Å². The summed E-state index contributed by atoms with van der Waals surface area (Å²) < 4.78 is 0. The zero-order chi connectivity index (χ0) is 8.39. The van der Waals surface area contributed by atoms with Crippen molar-refractivity contribution in [1.82, 2.24) is 10.6 Å². The number of hydrogen-bond donors (Lipinski definition) is 2. The molecule has 1 atom stereocenters. The van der Waals surface area contributed by atoms with Gasteiger partial charge in [-0.2, -0.15) is 0 Å². The van der Waals surface area contributed by atoms with E-state index >= 15 is 0 Å². The van der Waals surface area contributed by atoms with Crippen LogP contribution in [0.5, 0.6) is 0 Å². The Bertz CT molecular complexity index is 180. The Morgan fingerprint density at radius 1 is 1.15 bits per heavy atom. The van der Waals surface area contributed by atoms with Gasteiger partial charge in [-0.05, 0) is 37.8 Å². The monoisotopic (exact) mass is 204 g/mol. The van der Waals surface area contributed by atoms with Gasteiger partial charge in [-0.25, -0.2) is 0 Å². The van der Waals surface area contributed by atoms with Crippen molar-refractivity contribution in [2.24, 2.45) is 11.8 Å². The summed E-state index contributed by atoms with van der Waals surface area (Å²) in [7, 11) is 0. The van der Waals surface area contributed by atoms with E-state index in [2.05, 4.69) is 10.6 Å². The standard InChI is InChI=1S/C9H16N2O.ClH/c12-9-5-8(6-11-9)7-1-3-10-4-2-7;/h7-8,10H,1-6H2,(H,11,12);1H. The number of carbonyl (C=O) groups excluding carboxylic acids is 1. The first-order chi connectivity index (χ1) is 5.86. The van der Waals surface area contributed by atoms with E-state index in [0.29, 0.717) is 5.92 Å². The Morgan fingerprint density at radius 3 is 2.38 bits per heavy atom. The summed E-state index contributed by atoms with van der Waals surface area (Å²) >= 11 is 0. The van der Waals surface area contributed by atoms with Crippen molar-refractivity contribution in [3.8, 4) is 0 Å². The second-order valence-electron chi connectivity index (χ2n) is 3.86. The average molecular weight is 205 g/mol. The number of carbonyl (C=O) groups is 1. The molecule has 2 fully saturated rings. The third kappa shape index (κ3) is 2.58. The van der Waals surface area contributed by atoms with Crippen LogP contribution in [0.25, 0.3) is 0 Å². The highest BCUT2D eigenvalue weighted by Crippen LogP contribution is 2.26. The molecule has 1 unspecified atom stereocenters. The molecule has 2 aliphatic heterocycles. The predicted molar refractivity (Wildman–Crippen MR) is 54.0 cm³/mol. The van der Waals surface area contributed by atoms with Gasteiger partial charge < -0.3 is 10.6 Å². The maximum Gasteiger partial charge on any atom is 0.220 e. The van der Waals surface area contributed by atoms with E-state index in [-0.39, 0.29) is 18.3 Å². The molecule has 0 aromatic carbocycles. The van der Waals surface area contributed by atoms with Crippen LogP contribution in [0.4, 0.5) is 0 Å². The summed E-state index contributed by atoms with van der Waals surface area (Å²) in [6.45, 7) is 3.19. The molecule has 4 heteroatoms. The molecule has 2 aliphatic rings. The fraction of sp³-hybridized carbons (Fsp3) is 0.889. The Hall–Kier alpha value is -0.280. The molecular formula is C9H17ClN2O. The van der Waals surface area contributed by atoms with Gasteiger partial charge in [-0.15, -0.1) is 12.4 Å². The van der Waals surface area contributed by atoms with E-state index in [1.807, 2.05) is 0 Å². The van der Waals surface area contributed by atoms with Crippen LogP contribution in [0.2, 0.25) is 0 Å². The molecule has 0 bridgehead atoms. The number of hydrogen-bond acceptors (Lipinski definition) is 2. The summed E-state index contributed by atoms with van der Waals surface area (Å²) in [5.41, 5.74) is 0. The van der Waals surface area contributed by atoms with Gasteiger partial charge in [0, 0.05) is 13.0 Å². The maximum atomic E-state index is 11.0. The van der Waals surface area contributed by atoms with E-state index in [4.69, 9.17) is 0 Å². The predicted octanol–water partition coefficient (Wildman–Crippen LogP) is 0.544. The van der Waals surface area contributed by atoms with Crippen molar-refractivity contribution in [3.05, 3.63) is 0 Å². The molecule has 2 rings (SSSR count). The molecular weight excluding hydrogens is 188 g/mol. The van der Waals surface area contributed by atoms with Gasteiger partial charge in [-0.3, -0.25) is 4.79 Å². The van der Waals surface area contributed by atoms with Crippen LogP contribution in [-0.2, 0) is 4.79 Å². The minimum Gasteiger partial charge on any atom is -0.356 e. The van der Waals surface area contributed by atoms with Crippen LogP contribution >= 0.6 is 12.4 Å². The number of amides is 1. The molecule has 13 heavy (non-hydrogen) atoms. The molecule has 0 aliphatic carbocycles. The van der Waals surface area contributed by atoms with Crippen LogP contribution in [0, 0.1) is 11.8 Å². The van der Waals surface area contributed by atoms with Gasteiger partial charge in [0.1, 0.15) is 0 Å². The highest BCUT2D eigenvalue weighted by atomic mass is 35.5. The molecule has 0 spiro atoms. The van der Waals surface area contributed by atoms with Crippen LogP contribution in [0.15, 0.2) is 0 Å². The van der Waals surface area contributed by atoms with Crippen LogP contribution in [-0.4, -0.2) is 25.5 Å². The number of rotatable bonds is 1. The molecule has 3 nitrogen and oxygen atoms in total. The van der Waals surface area contributed by atoms with Gasteiger partial charge in [0.25, 0.3) is 0 Å². The fourth-order valence-electron chi connectivity index (χ4n) is 2.28. The average Bonchev–Trinajstić information content (AvgIpc) is 2.54. The zero-order valence-electron chi connectivity index (χ0n) is 7.71. The highest BCUT2D eigenvalue weighted by molar-refractivity contribution is 5.85. The number of nitrogens with one attached hydrogen (secondary N) is 2. The first-order valence-corrected chi connectivity index (χ1v) is 4.83. The second-order valence-corrected chi connectivity index (χ2v) is 3.86. The number of halogens is 1. The topological polar surface area (TPSA) is 41.1 Å². The molecule has 0 aromatic heterocycles. The minimum absolute atomic E-state index is 0. The third-order valence-electron chi connectivity index (χ3n) is 3.06. The van der Waals surface area contributed by atoms with E-state index in [1.54, 1.807) is 0 Å². The Labute approximate surface area is 85.1 Å². The van der Waals surface area contributed by atoms with Gasteiger partial charge in [0.05, 0.1) is 0 Å². The first kappa shape index (κ1) is 10.8. The van der Waals surface area contributed by atoms with Crippen molar-refractivity contribution in [3.63, 3.8) is 0 Å². The largest absolute Gasteiger partial charge is 0.356 e. The quantitative estimate of drug-likeness (QED) is 0.655. The SMILES string of the molecule is Cl.O=C1CC(C2CCNCC2)CN1. The van der Waals surface area contributed by atoms with E-state index in [0.717, 1.165) is 32.0 Å². The molecule has 76 valence electrons. The summed E-state index contributed by atoms with van der Waals surface area (Å²) in [5.74, 6) is 1.66. The molecule has 2 heterocycles. The van der Waals surface area contributed by atoms with Crippen molar-refractivity contribution < 1.29 is 4.79 Å². The lowest BCUT2D eigenvalue weighted by molar-refractivity contribution is -0.119. The maximum absolute atomic E-state index is 11.0. The molecule has 0 radical (unpaired) electrons. The van der Waals surface area contributed by atoms with Gasteiger partial charge in [0.15, 0.2) is 0 Å². The minimum atomic E-state index is 0. The van der Waals surface area contributed by atoms with Crippen LogP contribution in [0.3, 0.4) is 0 Å². The fourth-order valence-corrected chi connectivity index (χ4v) is 2.28. The van der Waals surface area contributed by atoms with Crippen molar-refractivity contribution in [1.29, 1.82) is 0 Å². The van der Waals surface area contributed by atoms with E-state index in [1.165, 1.54) is 12.8 Å². The summed E-state index contributed by atoms with van der Waals surface area (Å²) in [4.78, 5) is 11.0. The summed E-state index contributed by atoms with van der Waals surface area (Å²) in [6, 6.07) is 0. The van der Waals surface area contributed by atoms with Gasteiger partial charge in [-0.1, -0.05) is 0 Å². The van der Waals surface area contributed by atoms with Crippen molar-refractivity contribution >= 4 is 18.3 Å². The van der Waals surface area contributed by atoms with Crippen molar-refractivity contribution in [2.45, 2.75) is 19.3 Å². The molecule has 0 aromatic rings. The normalized spacial score (nSPS) is 29.5. The van der Waals surface area contributed by atoms with Crippen LogP contribution in [0.1, 0.15) is 19.3 Å². The molecule has 1 amide bonds. The smallest absolute Gasteiger partial charge is 0.220 e. The zero-order valence-corrected chi connectivity index (χ0v) is 8.53. The Balaban J connectivity index is 0.000000845. The van der Waals surface area contributed by atoms with Gasteiger partial charge >= 0.3 is 0 Å². The lowest BCUT2D eigenvalue weighted by Crippen LogP contribution is -2.32. The lowest BCUT2D eigenvalue weighted by atomic mass is 9.84. The van der Waals surface area contributed by atoms with E-state index in [9.17, 15) is 4.79 Å². The number of piperidine rings is 1. The van der Waals surface area contributed by atoms with Crippen LogP contribution < -0.4 is 10.6 Å². The summed E-state index contributed by atoms with van der Waals surface area (Å²) in [6.07, 6.45) is 3.27. The van der Waals surface area contributed by atoms with Gasteiger partial charge in [0.2, 0.25) is 5.91 Å². The third-order valence-corrected chi connectivity index (χ3v) is 3.06. The second kappa shape index (κ2) is 4.82. The Kier molecular flexibility index (Phi) is 4.00. The lowest BCUT2D eigenvalue weighted by Gasteiger charge is -2.26. The highest BCUT2D eigenvalue weighted by Gasteiger charge is 2.29.